The molecule has 5 aromatic rings. The quantitative estimate of drug-likeness (QED) is 0.0133. The Morgan fingerprint density at radius 3 is 2.26 bits per heavy atom. The molecule has 0 radical (unpaired) electrons. The lowest BCUT2D eigenvalue weighted by Gasteiger charge is -2.25. The summed E-state index contributed by atoms with van der Waals surface area (Å²) in [5.41, 5.74) is 4.97. The highest BCUT2D eigenvalue weighted by Crippen LogP contribution is 2.36. The van der Waals surface area contributed by atoms with Crippen LogP contribution in [-0.4, -0.2) is 109 Å². The first-order valence-electron chi connectivity index (χ1n) is 25.7. The zero-order valence-corrected chi connectivity index (χ0v) is 50.2. The number of pyridine rings is 2. The van der Waals surface area contributed by atoms with Crippen LogP contribution in [0.4, 0.5) is 18.9 Å². The van der Waals surface area contributed by atoms with Crippen LogP contribution < -0.4 is 10.5 Å². The van der Waals surface area contributed by atoms with E-state index in [0.717, 1.165) is 60.4 Å². The molecule has 0 amide bonds. The van der Waals surface area contributed by atoms with Crippen LogP contribution >= 0.6 is 46.6 Å². The SMILES string of the molecule is CCCC(=NOCC)C1=C(O)CC(CC(C)SCC)CC1=O.CCCCCC(C)OC(=O)COc1ccc(Cl)c2cccnc12.Cc1nn(C)c(O)c1C(=O)c1ccc(C(F)(F)F)cc1S(C)(=O)=O.Nc1cc(Cl)nc(C(=O)O)c1Cl. The Kier molecular flexibility index (Phi) is 27.7. The number of aliphatic hydroxyl groups is 1. The second kappa shape index (κ2) is 32.5. The Labute approximate surface area is 488 Å². The van der Waals surface area contributed by atoms with Crippen LogP contribution in [0.2, 0.25) is 15.2 Å². The molecule has 1 aliphatic rings. The maximum absolute atomic E-state index is 12.8. The van der Waals surface area contributed by atoms with Crippen molar-refractivity contribution in [2.75, 3.05) is 31.0 Å². The van der Waals surface area contributed by atoms with Gasteiger partial charge in [-0.3, -0.25) is 14.6 Å². The summed E-state index contributed by atoms with van der Waals surface area (Å²) in [4.78, 5) is 59.5. The fourth-order valence-corrected chi connectivity index (χ4v) is 10.6. The smallest absolute Gasteiger partial charge is 0.416 e. The first-order valence-corrected chi connectivity index (χ1v) is 29.7. The summed E-state index contributed by atoms with van der Waals surface area (Å²) in [6, 6.07) is 10.2. The number of aromatic carboxylic acids is 1. The zero-order valence-electron chi connectivity index (χ0n) is 46.3. The second-order valence-corrected chi connectivity index (χ2v) is 23.3. The van der Waals surface area contributed by atoms with E-state index in [4.69, 9.17) is 60.0 Å². The first kappa shape index (κ1) is 69.1. The molecule has 0 fully saturated rings. The van der Waals surface area contributed by atoms with Crippen LogP contribution in [0, 0.1) is 12.8 Å². The van der Waals surface area contributed by atoms with Crippen molar-refractivity contribution in [3.05, 3.63) is 109 Å². The average Bonchev–Trinajstić information content (AvgIpc) is 3.64. The van der Waals surface area contributed by atoms with Gasteiger partial charge in [0.25, 0.3) is 0 Å². The number of Topliss-reactive ketones (excluding diaryl/α,β-unsaturated/α-hetero) is 1. The van der Waals surface area contributed by atoms with Crippen molar-refractivity contribution in [2.45, 2.75) is 129 Å². The number of alkyl halides is 3. The van der Waals surface area contributed by atoms with Crippen LogP contribution in [0.15, 0.2) is 76.1 Å². The Morgan fingerprint density at radius 1 is 1.00 bits per heavy atom. The summed E-state index contributed by atoms with van der Waals surface area (Å²) in [5, 5.41) is 38.5. The van der Waals surface area contributed by atoms with Crippen molar-refractivity contribution in [2.24, 2.45) is 18.1 Å². The van der Waals surface area contributed by atoms with Gasteiger partial charge in [-0.05, 0) is 107 Å². The summed E-state index contributed by atoms with van der Waals surface area (Å²) >= 11 is 19.0. The van der Waals surface area contributed by atoms with E-state index in [-0.39, 0.29) is 69.0 Å². The van der Waals surface area contributed by atoms with E-state index in [9.17, 15) is 51.0 Å². The number of carboxylic acids is 1. The van der Waals surface area contributed by atoms with Crippen molar-refractivity contribution in [1.82, 2.24) is 19.7 Å². The van der Waals surface area contributed by atoms with Gasteiger partial charge in [0.1, 0.15) is 34.3 Å². The number of allylic oxidation sites excluding steroid dienone is 2. The maximum atomic E-state index is 12.8. The predicted octanol–water partition coefficient (Wildman–Crippen LogP) is 13.0. The molecule has 0 saturated carbocycles. The zero-order chi connectivity index (χ0) is 60.9. The number of aryl methyl sites for hydroxylation is 2. The van der Waals surface area contributed by atoms with Gasteiger partial charge in [0.15, 0.2) is 27.9 Å². The Balaban J connectivity index is 0.000000290. The van der Waals surface area contributed by atoms with Crippen molar-refractivity contribution in [3.63, 3.8) is 0 Å². The lowest BCUT2D eigenvalue weighted by molar-refractivity contribution is -0.151. The molecule has 81 heavy (non-hydrogen) atoms. The average molecular weight is 1230 g/mol. The number of ketones is 2. The minimum absolute atomic E-state index is 0.00861. The summed E-state index contributed by atoms with van der Waals surface area (Å²) in [7, 11) is -2.75. The highest BCUT2D eigenvalue weighted by Gasteiger charge is 2.35. The van der Waals surface area contributed by atoms with Gasteiger partial charge >= 0.3 is 18.1 Å². The van der Waals surface area contributed by atoms with Gasteiger partial charge in [0, 0.05) is 48.5 Å². The van der Waals surface area contributed by atoms with Crippen molar-refractivity contribution in [1.29, 1.82) is 0 Å². The number of oxime groups is 1. The molecule has 0 bridgehead atoms. The number of hydrogen-bond donors (Lipinski definition) is 4. The molecule has 0 aliphatic heterocycles. The molecule has 2 aromatic carbocycles. The number of esters is 1. The molecule has 0 spiro atoms. The highest BCUT2D eigenvalue weighted by molar-refractivity contribution is 7.99. The third-order valence-electron chi connectivity index (χ3n) is 11.8. The van der Waals surface area contributed by atoms with E-state index in [1.165, 1.54) is 20.0 Å². The number of nitrogen functional groups attached to an aromatic ring is 1. The lowest BCUT2D eigenvalue weighted by Crippen LogP contribution is -2.26. The fourth-order valence-electron chi connectivity index (χ4n) is 8.15. The van der Waals surface area contributed by atoms with E-state index in [2.05, 4.69) is 41.0 Å². The molecule has 3 atom stereocenters. The number of carboxylic acid groups (broad SMARTS) is 1. The molecule has 5 N–H and O–H groups in total. The molecule has 0 saturated heterocycles. The number of unbranched alkanes of at least 4 members (excludes halogenated alkanes) is 2. The number of fused-ring (bicyclic) bond motifs is 1. The number of thioether (sulfide) groups is 1. The van der Waals surface area contributed by atoms with Crippen molar-refractivity contribution < 1.29 is 70.4 Å². The number of carbonyl (C=O) groups excluding carboxylic acids is 3. The third kappa shape index (κ3) is 21.0. The number of aliphatic hydroxyl groups excluding tert-OH is 1. The van der Waals surface area contributed by atoms with Crippen LogP contribution in [0.5, 0.6) is 11.6 Å². The molecule has 1 aliphatic carbocycles. The maximum Gasteiger partial charge on any atom is 0.416 e. The minimum Gasteiger partial charge on any atom is -0.511 e. The number of sulfone groups is 1. The highest BCUT2D eigenvalue weighted by atomic mass is 35.5. The molecule has 3 heterocycles. The van der Waals surface area contributed by atoms with E-state index >= 15 is 0 Å². The van der Waals surface area contributed by atoms with E-state index in [1.807, 2.05) is 44.7 Å². The van der Waals surface area contributed by atoms with Gasteiger partial charge in [0.2, 0.25) is 11.7 Å². The largest absolute Gasteiger partial charge is 0.511 e. The topological polar surface area (TPSA) is 273 Å². The standard InChI is InChI=1S/C18H22ClNO3.C17H29NO3S.C14H13F3N2O4S.C6H4Cl2N2O2/c1-3-4-5-7-13(2)23-17(21)12-22-16-10-9-15(19)14-8-6-11-20-18(14)16;1-5-8-14(18-21-6-2)17-15(19)10-13(11-16(17)20)9-12(4)22-7-3;1-7-11(13(21)19(2)18-7)12(20)9-5-4-8(14(15,16)17)6-10(9)24(3,22)23;7-3-1-2(9)4(8)5(10-3)6(11)12/h6,8-11,13H,3-5,7,12H2,1-2H3;12-13,19H,5-11H2,1-4H3;4-6,21H,1-3H3;1H,(H2,9,10)(H,11,12). The van der Waals surface area contributed by atoms with Crippen LogP contribution in [0.1, 0.15) is 137 Å². The van der Waals surface area contributed by atoms with Gasteiger partial charge in [-0.15, -0.1) is 0 Å². The number of aromatic hydroxyl groups is 1. The summed E-state index contributed by atoms with van der Waals surface area (Å²) < 4.78 is 74.0. The number of halogens is 6. The summed E-state index contributed by atoms with van der Waals surface area (Å²) in [5.74, 6) is -1.00. The normalized spacial score (nSPS) is 14.3. The molecule has 3 aromatic heterocycles. The minimum atomic E-state index is -4.76. The molecule has 444 valence electrons. The van der Waals surface area contributed by atoms with Crippen molar-refractivity contribution in [3.8, 4) is 11.6 Å². The third-order valence-corrected chi connectivity index (χ3v) is 15.0. The number of hydrogen-bond acceptors (Lipinski definition) is 17. The van der Waals surface area contributed by atoms with Gasteiger partial charge in [-0.2, -0.15) is 30.0 Å². The molecule has 26 heteroatoms. The summed E-state index contributed by atoms with van der Waals surface area (Å²) in [6.07, 6.45) is 5.34. The number of nitrogens with zero attached hydrogens (tertiary/aromatic N) is 5. The van der Waals surface area contributed by atoms with Crippen LogP contribution in [-0.2, 0) is 42.2 Å². The lowest BCUT2D eigenvalue weighted by atomic mass is 9.82. The van der Waals surface area contributed by atoms with Gasteiger partial charge in [0.05, 0.1) is 49.3 Å². The van der Waals surface area contributed by atoms with E-state index < -0.39 is 49.7 Å². The monoisotopic (exact) mass is 1230 g/mol. The molecular formula is C55H68Cl3F3N6O12S2. The van der Waals surface area contributed by atoms with Crippen LogP contribution in [0.25, 0.3) is 10.9 Å². The number of benzene rings is 2. The van der Waals surface area contributed by atoms with E-state index in [0.29, 0.717) is 77.1 Å². The predicted molar refractivity (Wildman–Crippen MR) is 309 cm³/mol. The van der Waals surface area contributed by atoms with Gasteiger partial charge in [-0.25, -0.2) is 27.7 Å². The second-order valence-electron chi connectivity index (χ2n) is 18.5. The van der Waals surface area contributed by atoms with Crippen molar-refractivity contribution >= 4 is 102 Å². The van der Waals surface area contributed by atoms with Crippen LogP contribution in [0.3, 0.4) is 0 Å². The molecule has 18 nitrogen and oxygen atoms in total. The number of carbonyl (C=O) groups is 4. The molecule has 3 unspecified atom stereocenters. The Hall–Kier alpha value is -6.14. The van der Waals surface area contributed by atoms with E-state index in [1.54, 1.807) is 18.3 Å². The number of rotatable bonds is 21. The fraction of sp³-hybridized carbons (Fsp3) is 0.455. The van der Waals surface area contributed by atoms with Gasteiger partial charge < -0.3 is 35.4 Å². The number of aromatic nitrogens is 4. The summed E-state index contributed by atoms with van der Waals surface area (Å²) in [6.45, 7) is 14.0. The Bertz CT molecular complexity index is 3180. The number of nitrogens with two attached hydrogens (primary N) is 1. The first-order chi connectivity index (χ1) is 38.0. The Morgan fingerprint density at radius 2 is 1.69 bits per heavy atom. The molecule has 6 rings (SSSR count). The molecular weight excluding hydrogens is 1160 g/mol. The number of anilines is 1. The van der Waals surface area contributed by atoms with Gasteiger partial charge in [-0.1, -0.05) is 86.9 Å². The number of ether oxygens (including phenoxy) is 2.